The molecule has 0 bridgehead atoms. The average Bonchev–Trinajstić information content (AvgIpc) is 3.31. The van der Waals surface area contributed by atoms with Gasteiger partial charge in [-0.15, -0.1) is 11.3 Å². The molecule has 1 N–H and O–H groups in total. The number of fused-ring (bicyclic) bond motifs is 1. The maximum Gasteiger partial charge on any atom is 0.348 e. The summed E-state index contributed by atoms with van der Waals surface area (Å²) in [6.45, 7) is 3.03. The molecule has 3 aromatic heterocycles. The molecule has 0 saturated carbocycles. The first-order chi connectivity index (χ1) is 15.2. The normalized spacial score (nSPS) is 11.0. The van der Waals surface area contributed by atoms with Gasteiger partial charge in [-0.1, -0.05) is 46.9 Å². The van der Waals surface area contributed by atoms with Crippen LogP contribution in [0.1, 0.15) is 21.1 Å². The highest BCUT2D eigenvalue weighted by Gasteiger charge is 2.20. The molecule has 0 aliphatic rings. The number of para-hydroxylation sites is 1. The van der Waals surface area contributed by atoms with Crippen molar-refractivity contribution < 1.29 is 14.3 Å². The number of pyridine rings is 1. The number of hydrogen-bond acceptors (Lipinski definition) is 6. The van der Waals surface area contributed by atoms with E-state index in [1.165, 1.54) is 17.4 Å². The van der Waals surface area contributed by atoms with Gasteiger partial charge in [0.25, 0.3) is 5.91 Å². The number of carbonyl (C=O) groups is 2. The molecular formula is C21H15Cl3N4O3S. The van der Waals surface area contributed by atoms with Crippen LogP contribution in [0, 0.1) is 13.8 Å². The molecule has 32 heavy (non-hydrogen) atoms. The zero-order chi connectivity index (χ0) is 23.0. The molecule has 4 rings (SSSR count). The lowest BCUT2D eigenvalue weighted by molar-refractivity contribution is -0.119. The number of esters is 1. The lowest BCUT2D eigenvalue weighted by Crippen LogP contribution is -2.21. The number of amides is 1. The summed E-state index contributed by atoms with van der Waals surface area (Å²) in [5, 5.41) is 8.94. The standard InChI is InChI=1S/C21H15Cl3N4O3S/c1-10-12-7-17(32-20(12)28(27-10)16-6-4-3-5-13(16)22)21(30)31-9-18(29)26-19-15(24)8-14(23)11(2)25-19/h3-8H,9H2,1-2H3,(H,25,26,29). The Kier molecular flexibility index (Phi) is 6.39. The Bertz CT molecular complexity index is 1370. The van der Waals surface area contributed by atoms with E-state index >= 15 is 0 Å². The minimum absolute atomic E-state index is 0.145. The van der Waals surface area contributed by atoms with Crippen molar-refractivity contribution in [2.45, 2.75) is 13.8 Å². The molecule has 0 saturated heterocycles. The highest BCUT2D eigenvalue weighted by Crippen LogP contribution is 2.32. The molecule has 11 heteroatoms. The van der Waals surface area contributed by atoms with Gasteiger partial charge >= 0.3 is 5.97 Å². The molecule has 0 aliphatic carbocycles. The number of aromatic nitrogens is 3. The number of hydrogen-bond donors (Lipinski definition) is 1. The molecule has 0 atom stereocenters. The Labute approximate surface area is 201 Å². The van der Waals surface area contributed by atoms with Crippen LogP contribution < -0.4 is 5.32 Å². The van der Waals surface area contributed by atoms with Gasteiger partial charge in [-0.05, 0) is 38.1 Å². The van der Waals surface area contributed by atoms with Crippen LogP contribution in [0.2, 0.25) is 15.1 Å². The number of rotatable bonds is 5. The van der Waals surface area contributed by atoms with E-state index in [9.17, 15) is 9.59 Å². The van der Waals surface area contributed by atoms with Crippen LogP contribution in [0.15, 0.2) is 36.4 Å². The lowest BCUT2D eigenvalue weighted by Gasteiger charge is -2.08. The van der Waals surface area contributed by atoms with E-state index in [-0.39, 0.29) is 10.8 Å². The van der Waals surface area contributed by atoms with E-state index in [2.05, 4.69) is 15.4 Å². The molecule has 7 nitrogen and oxygen atoms in total. The molecule has 0 fully saturated rings. The predicted molar refractivity (Wildman–Crippen MR) is 127 cm³/mol. The van der Waals surface area contributed by atoms with Gasteiger partial charge in [-0.2, -0.15) is 5.10 Å². The van der Waals surface area contributed by atoms with E-state index in [0.717, 1.165) is 15.9 Å². The van der Waals surface area contributed by atoms with Gasteiger partial charge in [0.15, 0.2) is 12.4 Å². The van der Waals surface area contributed by atoms with Crippen molar-refractivity contribution in [1.29, 1.82) is 0 Å². The average molecular weight is 510 g/mol. The fraction of sp³-hybridized carbons (Fsp3) is 0.143. The minimum atomic E-state index is -0.627. The quantitative estimate of drug-likeness (QED) is 0.341. The summed E-state index contributed by atoms with van der Waals surface area (Å²) >= 11 is 19.5. The largest absolute Gasteiger partial charge is 0.451 e. The van der Waals surface area contributed by atoms with Crippen molar-refractivity contribution in [1.82, 2.24) is 14.8 Å². The molecule has 164 valence electrons. The van der Waals surface area contributed by atoms with Crippen LogP contribution in [-0.2, 0) is 9.53 Å². The smallest absolute Gasteiger partial charge is 0.348 e. The number of benzene rings is 1. The topological polar surface area (TPSA) is 86.1 Å². The summed E-state index contributed by atoms with van der Waals surface area (Å²) in [4.78, 5) is 30.0. The number of thiophene rings is 1. The number of aryl methyl sites for hydroxylation is 2. The number of nitrogens with one attached hydrogen (secondary N) is 1. The zero-order valence-electron chi connectivity index (χ0n) is 16.8. The molecule has 1 amide bonds. The van der Waals surface area contributed by atoms with Gasteiger partial charge in [0.2, 0.25) is 0 Å². The van der Waals surface area contributed by atoms with E-state index in [1.54, 1.807) is 23.7 Å². The molecule has 0 radical (unpaired) electrons. The van der Waals surface area contributed by atoms with Crippen LogP contribution in [0.3, 0.4) is 0 Å². The van der Waals surface area contributed by atoms with Crippen LogP contribution in [-0.4, -0.2) is 33.2 Å². The predicted octanol–water partition coefficient (Wildman–Crippen LogP) is 5.85. The number of ether oxygens (including phenoxy) is 1. The zero-order valence-corrected chi connectivity index (χ0v) is 19.9. The monoisotopic (exact) mass is 508 g/mol. The summed E-state index contributed by atoms with van der Waals surface area (Å²) in [6, 6.07) is 10.5. The maximum atomic E-state index is 12.6. The van der Waals surface area contributed by atoms with Gasteiger partial charge in [0, 0.05) is 5.39 Å². The highest BCUT2D eigenvalue weighted by atomic mass is 35.5. The molecule has 4 aromatic rings. The Hall–Kier alpha value is -2.65. The van der Waals surface area contributed by atoms with Gasteiger partial charge in [-0.3, -0.25) is 4.79 Å². The first-order valence-corrected chi connectivity index (χ1v) is 11.2. The highest BCUT2D eigenvalue weighted by molar-refractivity contribution is 7.20. The molecule has 0 unspecified atom stereocenters. The third-order valence-corrected chi connectivity index (χ3v) is 6.60. The van der Waals surface area contributed by atoms with E-state index in [0.29, 0.717) is 26.3 Å². The SMILES string of the molecule is Cc1nc(NC(=O)COC(=O)c2cc3c(C)nn(-c4ccccc4Cl)c3s2)c(Cl)cc1Cl. The lowest BCUT2D eigenvalue weighted by atomic mass is 10.3. The number of carbonyl (C=O) groups excluding carboxylic acids is 2. The van der Waals surface area contributed by atoms with Crippen LogP contribution in [0.5, 0.6) is 0 Å². The van der Waals surface area contributed by atoms with Crippen molar-refractivity contribution in [2.24, 2.45) is 0 Å². The Morgan fingerprint density at radius 1 is 1.06 bits per heavy atom. The van der Waals surface area contributed by atoms with Crippen molar-refractivity contribution in [2.75, 3.05) is 11.9 Å². The number of halogens is 3. The Morgan fingerprint density at radius 2 is 1.81 bits per heavy atom. The summed E-state index contributed by atoms with van der Waals surface area (Å²) < 4.78 is 6.86. The second-order valence-electron chi connectivity index (χ2n) is 6.79. The summed E-state index contributed by atoms with van der Waals surface area (Å²) in [5.41, 5.74) is 1.96. The molecule has 0 aliphatic heterocycles. The third kappa shape index (κ3) is 4.45. The molecular weight excluding hydrogens is 495 g/mol. The van der Waals surface area contributed by atoms with Gasteiger partial charge in [0.1, 0.15) is 9.71 Å². The van der Waals surface area contributed by atoms with Crippen molar-refractivity contribution >= 4 is 74.1 Å². The summed E-state index contributed by atoms with van der Waals surface area (Å²) in [7, 11) is 0. The molecule has 0 spiro atoms. The van der Waals surface area contributed by atoms with Gasteiger partial charge in [-0.25, -0.2) is 14.5 Å². The van der Waals surface area contributed by atoms with E-state index < -0.39 is 18.5 Å². The van der Waals surface area contributed by atoms with Crippen molar-refractivity contribution in [3.8, 4) is 5.69 Å². The summed E-state index contributed by atoms with van der Waals surface area (Å²) in [6.07, 6.45) is 0. The summed E-state index contributed by atoms with van der Waals surface area (Å²) in [5.74, 6) is -1.06. The van der Waals surface area contributed by atoms with Crippen LogP contribution in [0.4, 0.5) is 5.82 Å². The second kappa shape index (κ2) is 9.07. The number of anilines is 1. The van der Waals surface area contributed by atoms with E-state index in [4.69, 9.17) is 39.5 Å². The molecule has 3 heterocycles. The first kappa shape index (κ1) is 22.5. The van der Waals surface area contributed by atoms with Crippen molar-refractivity contribution in [3.05, 3.63) is 67.7 Å². The minimum Gasteiger partial charge on any atom is -0.451 e. The Balaban J connectivity index is 1.49. The van der Waals surface area contributed by atoms with Crippen LogP contribution >= 0.6 is 46.1 Å². The van der Waals surface area contributed by atoms with Gasteiger partial charge in [0.05, 0.1) is 32.1 Å². The first-order valence-electron chi connectivity index (χ1n) is 9.28. The molecule has 1 aromatic carbocycles. The van der Waals surface area contributed by atoms with Crippen LogP contribution in [0.25, 0.3) is 15.9 Å². The third-order valence-electron chi connectivity index (χ3n) is 4.52. The maximum absolute atomic E-state index is 12.6. The van der Waals surface area contributed by atoms with Crippen molar-refractivity contribution in [3.63, 3.8) is 0 Å². The van der Waals surface area contributed by atoms with Gasteiger partial charge < -0.3 is 10.1 Å². The number of nitrogens with zero attached hydrogens (tertiary/aromatic N) is 3. The fourth-order valence-electron chi connectivity index (χ4n) is 2.95. The second-order valence-corrected chi connectivity index (χ2v) is 9.04. The Morgan fingerprint density at radius 3 is 2.56 bits per heavy atom. The van der Waals surface area contributed by atoms with E-state index in [1.807, 2.05) is 25.1 Å². The fourth-order valence-corrected chi connectivity index (χ4v) is 4.64.